The topological polar surface area (TPSA) is 63.3 Å². The van der Waals surface area contributed by atoms with Crippen molar-refractivity contribution in [2.45, 2.75) is 25.2 Å². The number of carbonyl (C=O) groups is 1. The van der Waals surface area contributed by atoms with Crippen LogP contribution in [0.5, 0.6) is 0 Å². The molecule has 3 rings (SSSR count). The first-order valence-electron chi connectivity index (χ1n) is 6.10. The monoisotopic (exact) mass is 261 g/mol. The molecule has 0 amide bonds. The van der Waals surface area contributed by atoms with Gasteiger partial charge in [-0.1, -0.05) is 0 Å². The van der Waals surface area contributed by atoms with Crippen LogP contribution in [0.25, 0.3) is 11.3 Å². The highest BCUT2D eigenvalue weighted by Crippen LogP contribution is 2.40. The normalized spacial score (nSPS) is 14.6. The van der Waals surface area contributed by atoms with Crippen LogP contribution in [-0.2, 0) is 11.2 Å². The van der Waals surface area contributed by atoms with Crippen molar-refractivity contribution in [3.8, 4) is 11.3 Å². The molecule has 0 unspecified atom stereocenters. The predicted octanol–water partition coefficient (Wildman–Crippen LogP) is 2.99. The van der Waals surface area contributed by atoms with Crippen LogP contribution in [0.15, 0.2) is 28.8 Å². The third kappa shape index (κ3) is 2.50. The van der Waals surface area contributed by atoms with Crippen LogP contribution in [0.4, 0.5) is 4.39 Å². The number of benzene rings is 1. The molecule has 2 aromatic rings. The Morgan fingerprint density at radius 3 is 2.95 bits per heavy atom. The third-order valence-corrected chi connectivity index (χ3v) is 3.12. The van der Waals surface area contributed by atoms with Gasteiger partial charge in [0.05, 0.1) is 12.6 Å². The van der Waals surface area contributed by atoms with E-state index in [1.54, 1.807) is 6.20 Å². The summed E-state index contributed by atoms with van der Waals surface area (Å²) in [5, 5.41) is 8.86. The van der Waals surface area contributed by atoms with Gasteiger partial charge < -0.3 is 9.52 Å². The van der Waals surface area contributed by atoms with E-state index in [1.165, 1.54) is 18.2 Å². The average Bonchev–Trinajstić information content (AvgIpc) is 3.08. The summed E-state index contributed by atoms with van der Waals surface area (Å²) in [6.07, 6.45) is 3.48. The van der Waals surface area contributed by atoms with Crippen molar-refractivity contribution in [2.75, 3.05) is 0 Å². The van der Waals surface area contributed by atoms with Gasteiger partial charge in [-0.15, -0.1) is 0 Å². The van der Waals surface area contributed by atoms with Crippen molar-refractivity contribution in [1.29, 1.82) is 0 Å². The van der Waals surface area contributed by atoms with E-state index < -0.39 is 11.8 Å². The fourth-order valence-electron chi connectivity index (χ4n) is 2.04. The van der Waals surface area contributed by atoms with Crippen LogP contribution in [-0.4, -0.2) is 16.1 Å². The molecule has 0 spiro atoms. The highest BCUT2D eigenvalue weighted by Gasteiger charge is 2.29. The number of hydrogen-bond donors (Lipinski definition) is 1. The summed E-state index contributed by atoms with van der Waals surface area (Å²) in [5.41, 5.74) is 0.981. The SMILES string of the molecule is O=C(O)Cc1cc(F)ccc1-c1cnc(C2CC2)o1. The predicted molar refractivity (Wildman–Crippen MR) is 65.2 cm³/mol. The van der Waals surface area contributed by atoms with Crippen molar-refractivity contribution in [2.24, 2.45) is 0 Å². The number of oxazole rings is 1. The van der Waals surface area contributed by atoms with E-state index in [0.717, 1.165) is 12.8 Å². The van der Waals surface area contributed by atoms with Gasteiger partial charge in [0.25, 0.3) is 0 Å². The van der Waals surface area contributed by atoms with Crippen molar-refractivity contribution >= 4 is 5.97 Å². The Bertz CT molecular complexity index is 631. The van der Waals surface area contributed by atoms with Crippen LogP contribution < -0.4 is 0 Å². The Morgan fingerprint density at radius 2 is 2.26 bits per heavy atom. The Morgan fingerprint density at radius 1 is 1.47 bits per heavy atom. The zero-order valence-corrected chi connectivity index (χ0v) is 10.1. The second kappa shape index (κ2) is 4.50. The van der Waals surface area contributed by atoms with Gasteiger partial charge in [0.1, 0.15) is 5.82 Å². The van der Waals surface area contributed by atoms with Crippen LogP contribution >= 0.6 is 0 Å². The molecule has 5 heteroatoms. The van der Waals surface area contributed by atoms with Crippen molar-refractivity contribution in [3.63, 3.8) is 0 Å². The summed E-state index contributed by atoms with van der Waals surface area (Å²) < 4.78 is 18.8. The fraction of sp³-hybridized carbons (Fsp3) is 0.286. The van der Waals surface area contributed by atoms with E-state index in [1.807, 2.05) is 0 Å². The van der Waals surface area contributed by atoms with Gasteiger partial charge in [-0.2, -0.15) is 0 Å². The number of carboxylic acid groups (broad SMARTS) is 1. The van der Waals surface area contributed by atoms with Crippen molar-refractivity contribution in [1.82, 2.24) is 4.98 Å². The van der Waals surface area contributed by atoms with Gasteiger partial charge >= 0.3 is 5.97 Å². The minimum Gasteiger partial charge on any atom is -0.481 e. The number of rotatable bonds is 4. The molecule has 1 N–H and O–H groups in total. The third-order valence-electron chi connectivity index (χ3n) is 3.12. The lowest BCUT2D eigenvalue weighted by atomic mass is 10.0. The van der Waals surface area contributed by atoms with Gasteiger partial charge in [-0.05, 0) is 36.6 Å². The van der Waals surface area contributed by atoms with E-state index >= 15 is 0 Å². The lowest BCUT2D eigenvalue weighted by Gasteiger charge is -2.04. The van der Waals surface area contributed by atoms with Crippen LogP contribution in [0.1, 0.15) is 30.2 Å². The second-order valence-corrected chi connectivity index (χ2v) is 4.71. The molecule has 1 aliphatic carbocycles. The number of nitrogens with zero attached hydrogens (tertiary/aromatic N) is 1. The number of aliphatic carboxylic acids is 1. The summed E-state index contributed by atoms with van der Waals surface area (Å²) in [4.78, 5) is 15.0. The molecule has 0 saturated heterocycles. The Labute approximate surface area is 108 Å². The number of aromatic nitrogens is 1. The molecular weight excluding hydrogens is 249 g/mol. The van der Waals surface area contributed by atoms with Gasteiger partial charge in [-0.3, -0.25) is 4.79 Å². The first kappa shape index (κ1) is 11.9. The summed E-state index contributed by atoms with van der Waals surface area (Å²) >= 11 is 0. The molecule has 98 valence electrons. The van der Waals surface area contributed by atoms with E-state index in [-0.39, 0.29) is 6.42 Å². The Balaban J connectivity index is 1.99. The Hall–Kier alpha value is -2.17. The summed E-state index contributed by atoms with van der Waals surface area (Å²) in [7, 11) is 0. The van der Waals surface area contributed by atoms with E-state index in [4.69, 9.17) is 9.52 Å². The number of halogens is 1. The van der Waals surface area contributed by atoms with Crippen molar-refractivity contribution < 1.29 is 18.7 Å². The lowest BCUT2D eigenvalue weighted by Crippen LogP contribution is -2.02. The lowest BCUT2D eigenvalue weighted by molar-refractivity contribution is -0.136. The van der Waals surface area contributed by atoms with Crippen LogP contribution in [0, 0.1) is 5.82 Å². The average molecular weight is 261 g/mol. The fourth-order valence-corrected chi connectivity index (χ4v) is 2.04. The molecule has 0 bridgehead atoms. The smallest absolute Gasteiger partial charge is 0.307 e. The minimum absolute atomic E-state index is 0.243. The highest BCUT2D eigenvalue weighted by atomic mass is 19.1. The van der Waals surface area contributed by atoms with Gasteiger partial charge in [0.15, 0.2) is 11.7 Å². The molecule has 1 saturated carbocycles. The quantitative estimate of drug-likeness (QED) is 0.918. The van der Waals surface area contributed by atoms with Crippen LogP contribution in [0.2, 0.25) is 0 Å². The largest absolute Gasteiger partial charge is 0.481 e. The molecular formula is C14H12FNO3. The van der Waals surface area contributed by atoms with Gasteiger partial charge in [0.2, 0.25) is 0 Å². The maximum Gasteiger partial charge on any atom is 0.307 e. The number of carboxylic acids is 1. The molecule has 0 radical (unpaired) electrons. The minimum atomic E-state index is -1.01. The molecule has 1 heterocycles. The molecule has 0 aliphatic heterocycles. The molecule has 1 fully saturated rings. The molecule has 1 aromatic carbocycles. The molecule has 1 aliphatic rings. The molecule has 1 aromatic heterocycles. The summed E-state index contributed by atoms with van der Waals surface area (Å²) in [5.74, 6) is 0.103. The zero-order valence-electron chi connectivity index (χ0n) is 10.1. The molecule has 19 heavy (non-hydrogen) atoms. The molecule has 4 nitrogen and oxygen atoms in total. The first-order valence-corrected chi connectivity index (χ1v) is 6.10. The van der Waals surface area contributed by atoms with E-state index in [0.29, 0.717) is 28.7 Å². The zero-order chi connectivity index (χ0) is 13.4. The standard InChI is InChI=1S/C14H12FNO3/c15-10-3-4-11(9(5-10)6-13(17)18)12-7-16-14(19-12)8-1-2-8/h3-5,7-8H,1-2,6H2,(H,17,18). The van der Waals surface area contributed by atoms with Crippen LogP contribution in [0.3, 0.4) is 0 Å². The summed E-state index contributed by atoms with van der Waals surface area (Å²) in [6.45, 7) is 0. The molecule has 0 atom stereocenters. The van der Waals surface area contributed by atoms with Crippen molar-refractivity contribution in [3.05, 3.63) is 41.7 Å². The maximum atomic E-state index is 13.2. The van der Waals surface area contributed by atoms with E-state index in [9.17, 15) is 9.18 Å². The maximum absolute atomic E-state index is 13.2. The highest BCUT2D eigenvalue weighted by molar-refractivity contribution is 5.75. The first-order chi connectivity index (χ1) is 9.13. The van der Waals surface area contributed by atoms with Gasteiger partial charge in [-0.25, -0.2) is 9.37 Å². The number of hydrogen-bond acceptors (Lipinski definition) is 3. The Kier molecular flexibility index (Phi) is 2.81. The second-order valence-electron chi connectivity index (χ2n) is 4.71. The van der Waals surface area contributed by atoms with E-state index in [2.05, 4.69) is 4.98 Å². The summed E-state index contributed by atoms with van der Waals surface area (Å²) in [6, 6.07) is 4.05. The van der Waals surface area contributed by atoms with Gasteiger partial charge in [0, 0.05) is 11.5 Å².